The maximum Gasteiger partial charge on any atom is 0.530 e. The van der Waals surface area contributed by atoms with Gasteiger partial charge in [0.1, 0.15) is 71.8 Å². The minimum absolute atomic E-state index is 0.0190. The van der Waals surface area contributed by atoms with Gasteiger partial charge in [-0.25, -0.2) is 29.1 Å². The average Bonchev–Trinajstić information content (AvgIpc) is 0.790. The average molecular weight is 1360 g/mol. The van der Waals surface area contributed by atoms with Crippen LogP contribution in [-0.4, -0.2) is 108 Å². The number of imidazole rings is 2. The van der Waals surface area contributed by atoms with Gasteiger partial charge in [-0.3, -0.25) is 52.3 Å². The van der Waals surface area contributed by atoms with Gasteiger partial charge in [0.15, 0.2) is 28.1 Å². The molecule has 6 aromatic carbocycles. The van der Waals surface area contributed by atoms with Crippen molar-refractivity contribution >= 4 is 84.8 Å². The Bertz CT molecular complexity index is 4430. The number of fused-ring (bicyclic) bond motifs is 2. The zero-order chi connectivity index (χ0) is 65.7. The van der Waals surface area contributed by atoms with E-state index in [1.807, 2.05) is 54.6 Å². The van der Waals surface area contributed by atoms with E-state index < -0.39 is 88.0 Å². The molecule has 8 atom stereocenters. The molecule has 2 amide bonds. The molecular weight excluding hydrogens is 1300 g/mol. The summed E-state index contributed by atoms with van der Waals surface area (Å²) in [6.07, 6.45) is -3.93. The zero-order valence-corrected chi connectivity index (χ0v) is 53.8. The number of methoxy groups -OCH3 is 2. The number of carbonyl (C=O) groups is 2. The molecule has 2 aliphatic rings. The van der Waals surface area contributed by atoms with Crippen LogP contribution >= 0.6 is 38.8 Å². The van der Waals surface area contributed by atoms with E-state index in [1.165, 1.54) is 76.6 Å². The lowest BCUT2D eigenvalue weighted by atomic mass is 9.80. The Kier molecular flexibility index (Phi) is 19.4. The number of hydrogen-bond donors (Lipinski definition) is 4. The Morgan fingerprint density at radius 2 is 1.17 bits per heavy atom. The maximum atomic E-state index is 16.1. The van der Waals surface area contributed by atoms with Gasteiger partial charge < -0.3 is 38.0 Å². The summed E-state index contributed by atoms with van der Waals surface area (Å²) in [7, 11) is -7.02. The summed E-state index contributed by atoms with van der Waals surface area (Å²) in [4.78, 5) is 76.1. The first-order valence-electron chi connectivity index (χ1n) is 29.3. The lowest BCUT2D eigenvalue weighted by molar-refractivity contribution is -0.119. The molecule has 0 radical (unpaired) electrons. The zero-order valence-electron chi connectivity index (χ0n) is 50.5. The van der Waals surface area contributed by atoms with E-state index in [2.05, 4.69) is 40.5 Å². The van der Waals surface area contributed by atoms with E-state index in [0.717, 1.165) is 0 Å². The molecule has 486 valence electrons. The van der Waals surface area contributed by atoms with Crippen molar-refractivity contribution in [3.8, 4) is 23.0 Å². The first-order chi connectivity index (χ1) is 45.4. The van der Waals surface area contributed by atoms with E-state index in [9.17, 15) is 23.8 Å². The number of aromatic amines is 1. The molecule has 2 aliphatic heterocycles. The molecule has 0 spiro atoms. The van der Waals surface area contributed by atoms with Crippen molar-refractivity contribution in [3.63, 3.8) is 0 Å². The number of anilines is 2. The number of phosphoric acid groups is 2. The fourth-order valence-corrected chi connectivity index (χ4v) is 13.4. The maximum absolute atomic E-state index is 16.1. The highest BCUT2D eigenvalue weighted by Crippen LogP contribution is 2.56. The molecule has 6 heterocycles. The molecule has 2 saturated heterocycles. The second-order valence-corrected chi connectivity index (χ2v) is 25.6. The smallest absolute Gasteiger partial charge is 0.497 e. The fourth-order valence-electron chi connectivity index (χ4n) is 10.8. The molecule has 2 unspecified atom stereocenters. The van der Waals surface area contributed by atoms with Crippen LogP contribution in [-0.2, 0) is 47.3 Å². The highest BCUT2D eigenvalue weighted by molar-refractivity contribution is 7.49. The largest absolute Gasteiger partial charge is 0.530 e. The lowest BCUT2D eigenvalue weighted by Crippen LogP contribution is -2.38. The van der Waals surface area contributed by atoms with E-state index >= 15 is 4.57 Å². The number of nitrogens with one attached hydrogen (secondary N) is 3. The summed E-state index contributed by atoms with van der Waals surface area (Å²) in [6.45, 7) is 2.32. The summed E-state index contributed by atoms with van der Waals surface area (Å²) in [5, 5.41) is 6.07. The highest BCUT2D eigenvalue weighted by Gasteiger charge is 2.49. The van der Waals surface area contributed by atoms with Gasteiger partial charge in [-0.1, -0.05) is 110 Å². The summed E-state index contributed by atoms with van der Waals surface area (Å²) in [5.74, 6) is -0.326. The van der Waals surface area contributed by atoms with E-state index in [1.54, 1.807) is 82.7 Å². The topological polar surface area (TPSA) is 312 Å². The van der Waals surface area contributed by atoms with Crippen molar-refractivity contribution in [1.82, 2.24) is 39.0 Å². The SMILES string of the molecule is COc1ccc(C(OC[C@H]2O[C@@H](n3cnc4c(=O)[nH]c(NC(=O)C(C)C)nc43)C[C@@H]2OP(=O)(OC[C@H]2O[C@@H](n3cnc4c(NC(=O)c5ccccc5)ncnc43)C[C@@H]2OP(=O)(O)Oc2ccc(Cl)cc2)Oc2ccc(Cl)cc2)(c2ccccc2)c2ccc(OC)cc2)cc1. The van der Waals surface area contributed by atoms with Gasteiger partial charge in [-0.2, -0.15) is 4.98 Å². The molecule has 0 saturated carbocycles. The summed E-state index contributed by atoms with van der Waals surface area (Å²) < 4.78 is 96.1. The standard InChI is InChI=1S/C64H60Cl2N10O16P2/c1-38(2)60(77)73-63-72-59-56(62(79)74-63)70-37-76(59)54-32-50(51(87-54)33-85-64(40-13-9-6-10-14-40,41-15-23-45(83-3)24-16-41)42-17-25-46(84-4)26-18-42)92-94(82,90-48-29-21-44(66)22-30-48)86-34-52-49(91-93(80,81)89-47-27-19-43(65)20-28-47)31-53(88-52)75-36-69-55-57(67-35-68-58(55)75)71-61(78)39-11-7-5-8-12-39/h5-30,35-38,49-54H,31-34H2,1-4H3,(H,80,81)(H,67,68,71,78)(H2,72,73,74,77,79)/t49-,50-,51+,52+,53+,54+,94?/m0/s1. The van der Waals surface area contributed by atoms with E-state index in [-0.39, 0.29) is 65.0 Å². The minimum atomic E-state index is -5.09. The van der Waals surface area contributed by atoms with Crippen molar-refractivity contribution in [2.75, 3.05) is 38.1 Å². The van der Waals surface area contributed by atoms with Gasteiger partial charge in [0.25, 0.3) is 11.5 Å². The number of halogens is 2. The molecular formula is C64H60Cl2N10O16P2. The van der Waals surface area contributed by atoms with Gasteiger partial charge in [0, 0.05) is 34.4 Å². The van der Waals surface area contributed by atoms with Crippen LogP contribution in [0, 0.1) is 5.92 Å². The number of amides is 2. The third kappa shape index (κ3) is 14.4. The Morgan fingerprint density at radius 3 is 1.76 bits per heavy atom. The van der Waals surface area contributed by atoms with Crippen molar-refractivity contribution < 1.29 is 69.9 Å². The number of phosphoric ester groups is 2. The van der Waals surface area contributed by atoms with Crippen molar-refractivity contribution in [2.24, 2.45) is 5.92 Å². The Hall–Kier alpha value is -8.88. The summed E-state index contributed by atoms with van der Waals surface area (Å²) >= 11 is 12.5. The normalized spacial score (nSPS) is 19.4. The van der Waals surface area contributed by atoms with Gasteiger partial charge in [0.05, 0.1) is 40.1 Å². The lowest BCUT2D eigenvalue weighted by Gasteiger charge is -2.37. The molecule has 10 aromatic rings. The number of ether oxygens (including phenoxy) is 5. The van der Waals surface area contributed by atoms with E-state index in [4.69, 9.17) is 69.5 Å². The Balaban J connectivity index is 0.914. The molecule has 30 heteroatoms. The molecule has 94 heavy (non-hydrogen) atoms. The van der Waals surface area contributed by atoms with E-state index in [0.29, 0.717) is 43.8 Å². The van der Waals surface area contributed by atoms with Crippen molar-refractivity contribution in [2.45, 2.75) is 69.2 Å². The fraction of sp³-hybridized carbons (Fsp3) is 0.250. The number of nitrogens with zero attached hydrogens (tertiary/aromatic N) is 7. The number of carbonyl (C=O) groups excluding carboxylic acids is 2. The third-order valence-electron chi connectivity index (χ3n) is 15.4. The molecule has 4 N–H and O–H groups in total. The predicted octanol–water partition coefficient (Wildman–Crippen LogP) is 11.9. The van der Waals surface area contributed by atoms with Crippen LogP contribution < -0.4 is 34.7 Å². The van der Waals surface area contributed by atoms with Crippen LogP contribution in [0.2, 0.25) is 10.0 Å². The molecule has 26 nitrogen and oxygen atoms in total. The Morgan fingerprint density at radius 1 is 0.649 bits per heavy atom. The third-order valence-corrected chi connectivity index (χ3v) is 18.4. The monoisotopic (exact) mass is 1360 g/mol. The quantitative estimate of drug-likeness (QED) is 0.0305. The van der Waals surface area contributed by atoms with Gasteiger partial charge in [-0.05, 0) is 102 Å². The van der Waals surface area contributed by atoms with Crippen LogP contribution in [0.5, 0.6) is 23.0 Å². The van der Waals surface area contributed by atoms with Crippen LogP contribution in [0.25, 0.3) is 22.3 Å². The first-order valence-corrected chi connectivity index (χ1v) is 33.0. The molecule has 4 aromatic heterocycles. The summed E-state index contributed by atoms with van der Waals surface area (Å²) in [5.41, 5.74) is 0.604. The van der Waals surface area contributed by atoms with Crippen LogP contribution in [0.4, 0.5) is 11.8 Å². The second-order valence-electron chi connectivity index (χ2n) is 21.9. The van der Waals surface area contributed by atoms with Crippen molar-refractivity contribution in [3.05, 3.63) is 219 Å². The van der Waals surface area contributed by atoms with Crippen LogP contribution in [0.15, 0.2) is 182 Å². The molecule has 0 aliphatic carbocycles. The Labute approximate surface area is 546 Å². The second kappa shape index (κ2) is 28.0. The molecule has 12 rings (SSSR count). The van der Waals surface area contributed by atoms with Gasteiger partial charge in [0.2, 0.25) is 11.9 Å². The number of rotatable bonds is 25. The number of H-pyrrole nitrogens is 1. The van der Waals surface area contributed by atoms with Crippen molar-refractivity contribution in [1.29, 1.82) is 0 Å². The minimum Gasteiger partial charge on any atom is -0.497 e. The summed E-state index contributed by atoms with van der Waals surface area (Å²) in [6, 6.07) is 44.2. The molecule has 0 bridgehead atoms. The van der Waals surface area contributed by atoms with Crippen LogP contribution in [0.3, 0.4) is 0 Å². The highest BCUT2D eigenvalue weighted by atomic mass is 35.5. The van der Waals surface area contributed by atoms with Gasteiger partial charge in [-0.15, -0.1) is 0 Å². The molecule has 2 fully saturated rings. The first kappa shape index (κ1) is 65.2. The van der Waals surface area contributed by atoms with Crippen LogP contribution in [0.1, 0.15) is 66.2 Å². The number of hydrogen-bond acceptors (Lipinski definition) is 20. The number of aromatic nitrogens is 8. The van der Waals surface area contributed by atoms with Gasteiger partial charge >= 0.3 is 15.6 Å². The predicted molar refractivity (Wildman–Crippen MR) is 344 cm³/mol. The number of benzene rings is 6.